The minimum atomic E-state index is -3.10. The molecule has 3 aliphatic rings. The second kappa shape index (κ2) is 18.4. The van der Waals surface area contributed by atoms with Gasteiger partial charge >= 0.3 is 0 Å². The normalized spacial score (nSPS) is 23.1. The Labute approximate surface area is 329 Å². The Morgan fingerprint density at radius 1 is 0.946 bits per heavy atom. The summed E-state index contributed by atoms with van der Waals surface area (Å²) < 4.78 is 30.8. The molecular formula is C44H58F2N4O6. The van der Waals surface area contributed by atoms with E-state index in [1.807, 2.05) is 44.2 Å². The highest BCUT2D eigenvalue weighted by atomic mass is 19.3. The molecule has 0 spiro atoms. The highest BCUT2D eigenvalue weighted by Crippen LogP contribution is 2.52. The molecule has 1 aliphatic heterocycles. The molecule has 12 heteroatoms. The smallest absolute Gasteiger partial charge is 0.253 e. The van der Waals surface area contributed by atoms with Crippen molar-refractivity contribution in [2.75, 3.05) is 6.54 Å². The SMILES string of the molecule is CCC[C@@H](CC(=O)[C@@H]1[C@H]2CCC(F)(F)C2CN1C(=O)C(NC(=O)[C@H](CC(=O)c1cnccn1)C1CCCCC1)C(C)(C)C)C(=O)C(=O)C[C@H](C)c1ccccc1. The molecule has 2 heterocycles. The van der Waals surface area contributed by atoms with Crippen LogP contribution in [0.5, 0.6) is 0 Å². The molecule has 2 aromatic rings. The number of carbonyl (C=O) groups is 6. The Kier molecular flexibility index (Phi) is 14.1. The van der Waals surface area contributed by atoms with Crippen LogP contribution in [0.25, 0.3) is 0 Å². The number of nitrogens with zero attached hydrogens (tertiary/aromatic N) is 3. The Morgan fingerprint density at radius 2 is 1.64 bits per heavy atom. The maximum absolute atomic E-state index is 15.4. The molecule has 10 nitrogen and oxygen atoms in total. The first-order valence-corrected chi connectivity index (χ1v) is 20.5. The number of aromatic nitrogens is 2. The zero-order chi connectivity index (χ0) is 40.8. The van der Waals surface area contributed by atoms with Gasteiger partial charge in [0, 0.05) is 62.4 Å². The van der Waals surface area contributed by atoms with Gasteiger partial charge in [-0.15, -0.1) is 0 Å². The number of likely N-dealkylation sites (tertiary alicyclic amines) is 1. The number of ketones is 4. The third-order valence-electron chi connectivity index (χ3n) is 12.4. The van der Waals surface area contributed by atoms with Gasteiger partial charge in [0.15, 0.2) is 17.3 Å². The van der Waals surface area contributed by atoms with Gasteiger partial charge < -0.3 is 10.2 Å². The second-order valence-corrected chi connectivity index (χ2v) is 17.5. The van der Waals surface area contributed by atoms with Crippen LogP contribution in [0.4, 0.5) is 8.78 Å². The van der Waals surface area contributed by atoms with E-state index in [2.05, 4.69) is 15.3 Å². The summed E-state index contributed by atoms with van der Waals surface area (Å²) in [4.78, 5) is 93.1. The molecule has 1 aromatic heterocycles. The molecule has 2 aliphatic carbocycles. The summed E-state index contributed by atoms with van der Waals surface area (Å²) in [6.45, 7) is 8.62. The minimum Gasteiger partial charge on any atom is -0.344 e. The van der Waals surface area contributed by atoms with E-state index in [0.717, 1.165) is 37.7 Å². The van der Waals surface area contributed by atoms with Gasteiger partial charge in [-0.3, -0.25) is 33.8 Å². The minimum absolute atomic E-state index is 0.0263. The predicted octanol–water partition coefficient (Wildman–Crippen LogP) is 7.36. The largest absolute Gasteiger partial charge is 0.344 e. The summed E-state index contributed by atoms with van der Waals surface area (Å²) in [5.41, 5.74) is 0.144. The van der Waals surface area contributed by atoms with Crippen LogP contribution in [0.2, 0.25) is 0 Å². The van der Waals surface area contributed by atoms with E-state index in [-0.39, 0.29) is 62.0 Å². The zero-order valence-electron chi connectivity index (χ0n) is 33.5. The highest BCUT2D eigenvalue weighted by molar-refractivity contribution is 6.38. The van der Waals surface area contributed by atoms with Crippen LogP contribution >= 0.6 is 0 Å². The van der Waals surface area contributed by atoms with Gasteiger partial charge in [-0.05, 0) is 54.4 Å². The third-order valence-corrected chi connectivity index (χ3v) is 12.4. The number of hydrogen-bond donors (Lipinski definition) is 1. The number of carbonyl (C=O) groups excluding carboxylic acids is 6. The van der Waals surface area contributed by atoms with Crippen LogP contribution in [0.1, 0.15) is 134 Å². The number of halogens is 2. The first-order chi connectivity index (χ1) is 26.5. The number of hydrogen-bond acceptors (Lipinski definition) is 8. The molecule has 2 amide bonds. The van der Waals surface area contributed by atoms with Crippen molar-refractivity contribution in [3.63, 3.8) is 0 Å². The van der Waals surface area contributed by atoms with Gasteiger partial charge in [-0.2, -0.15) is 0 Å². The number of nitrogens with one attached hydrogen (secondary N) is 1. The summed E-state index contributed by atoms with van der Waals surface area (Å²) >= 11 is 0. The van der Waals surface area contributed by atoms with Crippen molar-refractivity contribution < 1.29 is 37.5 Å². The second-order valence-electron chi connectivity index (χ2n) is 17.5. The molecule has 56 heavy (non-hydrogen) atoms. The predicted molar refractivity (Wildman–Crippen MR) is 207 cm³/mol. The van der Waals surface area contributed by atoms with Crippen LogP contribution in [-0.2, 0) is 24.0 Å². The first kappa shape index (κ1) is 42.9. The van der Waals surface area contributed by atoms with E-state index in [1.54, 1.807) is 20.8 Å². The lowest BCUT2D eigenvalue weighted by atomic mass is 9.76. The maximum Gasteiger partial charge on any atom is 0.253 e. The van der Waals surface area contributed by atoms with Gasteiger partial charge in [0.25, 0.3) is 5.92 Å². The Bertz CT molecular complexity index is 1730. The fourth-order valence-electron chi connectivity index (χ4n) is 9.27. The lowest BCUT2D eigenvalue weighted by Crippen LogP contribution is -2.58. The molecule has 304 valence electrons. The van der Waals surface area contributed by atoms with Gasteiger partial charge in [-0.25, -0.2) is 13.8 Å². The molecule has 2 unspecified atom stereocenters. The van der Waals surface area contributed by atoms with Crippen molar-refractivity contribution in [3.05, 3.63) is 60.2 Å². The number of fused-ring (bicyclic) bond motifs is 1. The van der Waals surface area contributed by atoms with Crippen LogP contribution < -0.4 is 5.32 Å². The summed E-state index contributed by atoms with van der Waals surface area (Å²) in [6.07, 6.45) is 8.44. The molecule has 0 radical (unpaired) electrons. The Hall–Kier alpha value is -4.22. The van der Waals surface area contributed by atoms with Crippen molar-refractivity contribution in [3.8, 4) is 0 Å². The number of Topliss-reactive ketones (excluding diaryl/α,β-unsaturated/α-hetero) is 4. The average molecular weight is 777 g/mol. The molecule has 2 saturated carbocycles. The van der Waals surface area contributed by atoms with Crippen molar-refractivity contribution in [2.45, 2.75) is 136 Å². The Balaban J connectivity index is 1.38. The lowest BCUT2D eigenvalue weighted by Gasteiger charge is -2.38. The fourth-order valence-corrected chi connectivity index (χ4v) is 9.27. The number of amides is 2. The van der Waals surface area contributed by atoms with Gasteiger partial charge in [-0.1, -0.05) is 90.6 Å². The lowest BCUT2D eigenvalue weighted by molar-refractivity contribution is -0.146. The maximum atomic E-state index is 15.4. The number of rotatable bonds is 17. The van der Waals surface area contributed by atoms with E-state index >= 15 is 8.78 Å². The first-order valence-electron chi connectivity index (χ1n) is 20.5. The monoisotopic (exact) mass is 776 g/mol. The molecule has 7 atom stereocenters. The number of benzene rings is 1. The van der Waals surface area contributed by atoms with Crippen molar-refractivity contribution in [2.24, 2.45) is 35.0 Å². The van der Waals surface area contributed by atoms with E-state index in [0.29, 0.717) is 6.42 Å². The molecule has 1 aromatic carbocycles. The van der Waals surface area contributed by atoms with E-state index in [1.165, 1.54) is 23.5 Å². The molecule has 3 fully saturated rings. The van der Waals surface area contributed by atoms with E-state index in [9.17, 15) is 28.8 Å². The van der Waals surface area contributed by atoms with Gasteiger partial charge in [0.1, 0.15) is 11.7 Å². The topological polar surface area (TPSA) is 143 Å². The van der Waals surface area contributed by atoms with Crippen molar-refractivity contribution >= 4 is 34.9 Å². The third kappa shape index (κ3) is 10.0. The summed E-state index contributed by atoms with van der Waals surface area (Å²) in [7, 11) is 0. The van der Waals surface area contributed by atoms with Crippen LogP contribution in [-0.4, -0.2) is 74.4 Å². The van der Waals surface area contributed by atoms with E-state index < -0.39 is 82.7 Å². The van der Waals surface area contributed by atoms with Crippen molar-refractivity contribution in [1.82, 2.24) is 20.2 Å². The summed E-state index contributed by atoms with van der Waals surface area (Å²) in [5.74, 6) is -10.5. The molecule has 1 saturated heterocycles. The molecule has 0 bridgehead atoms. The van der Waals surface area contributed by atoms with E-state index in [4.69, 9.17) is 0 Å². The summed E-state index contributed by atoms with van der Waals surface area (Å²) in [5, 5.41) is 2.94. The summed E-state index contributed by atoms with van der Waals surface area (Å²) in [6, 6.07) is 6.92. The molecular weight excluding hydrogens is 719 g/mol. The average Bonchev–Trinajstić information content (AvgIpc) is 3.72. The van der Waals surface area contributed by atoms with Gasteiger partial charge in [0.05, 0.1) is 12.2 Å². The van der Waals surface area contributed by atoms with Gasteiger partial charge in [0.2, 0.25) is 17.6 Å². The number of alkyl halides is 2. The Morgan fingerprint density at radius 3 is 2.27 bits per heavy atom. The quantitative estimate of drug-likeness (QED) is 0.130. The molecule has 5 rings (SSSR count). The van der Waals surface area contributed by atoms with Crippen LogP contribution in [0, 0.1) is 35.0 Å². The zero-order valence-corrected chi connectivity index (χ0v) is 33.5. The molecule has 1 N–H and O–H groups in total. The van der Waals surface area contributed by atoms with Crippen LogP contribution in [0.3, 0.4) is 0 Å². The highest BCUT2D eigenvalue weighted by Gasteiger charge is 2.61. The standard InChI is InChI=1S/C44H58F2N4O6/c1-6-13-30(39(54)37(53)22-27(2)28-14-9-7-10-15-28)23-36(52)38-31-18-19-44(45,46)33(31)26-50(38)42(56)40(43(3,4)5)49-41(55)32(29-16-11-8-12-17-29)24-35(51)34-25-47-20-21-48-34/h7,9-10,14-15,20-21,25,27,29-33,38,40H,6,8,11-13,16-19,22-24,26H2,1-5H3,(H,49,55)/t27-,30-,31-,32+,33?,38-,40?/m0/s1. The van der Waals surface area contributed by atoms with Crippen LogP contribution in [0.15, 0.2) is 48.9 Å². The fraction of sp³-hybridized carbons (Fsp3) is 0.636. The van der Waals surface area contributed by atoms with Crippen molar-refractivity contribution in [1.29, 1.82) is 0 Å².